The SMILES string of the molecule is C#Cc1c[nH]c2nc(N)ncc12. The summed E-state index contributed by atoms with van der Waals surface area (Å²) in [5, 5.41) is 0.826. The minimum absolute atomic E-state index is 0.243. The molecule has 4 heteroatoms. The number of aromatic amines is 1. The van der Waals surface area contributed by atoms with Crippen molar-refractivity contribution in [2.45, 2.75) is 0 Å². The van der Waals surface area contributed by atoms with E-state index in [4.69, 9.17) is 12.2 Å². The van der Waals surface area contributed by atoms with Gasteiger partial charge in [-0.2, -0.15) is 4.98 Å². The summed E-state index contributed by atoms with van der Waals surface area (Å²) in [6.45, 7) is 0. The number of hydrogen-bond donors (Lipinski definition) is 2. The molecule has 0 aliphatic rings. The van der Waals surface area contributed by atoms with Gasteiger partial charge in [0.15, 0.2) is 0 Å². The van der Waals surface area contributed by atoms with E-state index in [1.807, 2.05) is 0 Å². The molecule has 0 fully saturated rings. The maximum Gasteiger partial charge on any atom is 0.221 e. The number of nitrogens with zero attached hydrogens (tertiary/aromatic N) is 2. The first kappa shape index (κ1) is 6.68. The zero-order valence-corrected chi connectivity index (χ0v) is 6.20. The van der Waals surface area contributed by atoms with E-state index in [1.165, 1.54) is 0 Å². The van der Waals surface area contributed by atoms with Gasteiger partial charge in [0.25, 0.3) is 0 Å². The Bertz CT molecular complexity index is 463. The second-order valence-electron chi connectivity index (χ2n) is 2.34. The minimum atomic E-state index is 0.243. The van der Waals surface area contributed by atoms with Crippen molar-refractivity contribution in [3.63, 3.8) is 0 Å². The van der Waals surface area contributed by atoms with Crippen LogP contribution in [-0.2, 0) is 0 Å². The van der Waals surface area contributed by atoms with Crippen molar-refractivity contribution < 1.29 is 0 Å². The molecule has 0 saturated carbocycles. The molecular formula is C8H6N4. The van der Waals surface area contributed by atoms with Gasteiger partial charge in [-0.15, -0.1) is 6.42 Å². The first-order chi connectivity index (χ1) is 5.81. The minimum Gasteiger partial charge on any atom is -0.368 e. The highest BCUT2D eigenvalue weighted by Crippen LogP contribution is 2.14. The number of nitrogens with two attached hydrogens (primary N) is 1. The van der Waals surface area contributed by atoms with Gasteiger partial charge in [0, 0.05) is 12.4 Å². The topological polar surface area (TPSA) is 67.6 Å². The predicted molar refractivity (Wildman–Crippen MR) is 46.2 cm³/mol. The Hall–Kier alpha value is -2.02. The number of hydrogen-bond acceptors (Lipinski definition) is 3. The lowest BCUT2D eigenvalue weighted by molar-refractivity contribution is 1.22. The Morgan fingerprint density at radius 2 is 2.42 bits per heavy atom. The molecule has 3 N–H and O–H groups in total. The van der Waals surface area contributed by atoms with E-state index < -0.39 is 0 Å². The van der Waals surface area contributed by atoms with Gasteiger partial charge in [-0.3, -0.25) is 0 Å². The molecule has 0 atom stereocenters. The first-order valence-corrected chi connectivity index (χ1v) is 3.37. The molecule has 12 heavy (non-hydrogen) atoms. The summed E-state index contributed by atoms with van der Waals surface area (Å²) in [6, 6.07) is 0. The molecule has 0 aromatic carbocycles. The van der Waals surface area contributed by atoms with E-state index in [1.54, 1.807) is 12.4 Å². The smallest absolute Gasteiger partial charge is 0.221 e. The molecule has 0 aliphatic carbocycles. The summed E-state index contributed by atoms with van der Waals surface area (Å²) in [7, 11) is 0. The number of nitrogen functional groups attached to an aromatic ring is 1. The lowest BCUT2D eigenvalue weighted by Crippen LogP contribution is -1.93. The summed E-state index contributed by atoms with van der Waals surface area (Å²) in [4.78, 5) is 10.7. The number of fused-ring (bicyclic) bond motifs is 1. The van der Waals surface area contributed by atoms with Crippen molar-refractivity contribution in [3.8, 4) is 12.3 Å². The van der Waals surface area contributed by atoms with E-state index in [0.29, 0.717) is 5.65 Å². The normalized spacial score (nSPS) is 9.92. The highest BCUT2D eigenvalue weighted by atomic mass is 15.0. The molecule has 0 aliphatic heterocycles. The first-order valence-electron chi connectivity index (χ1n) is 3.37. The Kier molecular flexibility index (Phi) is 1.25. The number of aromatic nitrogens is 3. The van der Waals surface area contributed by atoms with Crippen molar-refractivity contribution in [1.82, 2.24) is 15.0 Å². The lowest BCUT2D eigenvalue weighted by Gasteiger charge is -1.90. The molecule has 2 rings (SSSR count). The molecule has 0 spiro atoms. The maximum atomic E-state index is 5.38. The number of rotatable bonds is 0. The van der Waals surface area contributed by atoms with Crippen molar-refractivity contribution in [2.75, 3.05) is 5.73 Å². The summed E-state index contributed by atoms with van der Waals surface area (Å²) >= 11 is 0. The van der Waals surface area contributed by atoms with E-state index in [0.717, 1.165) is 10.9 Å². The highest BCUT2D eigenvalue weighted by Gasteiger charge is 2.02. The van der Waals surface area contributed by atoms with Crippen LogP contribution < -0.4 is 5.73 Å². The Morgan fingerprint density at radius 1 is 1.58 bits per heavy atom. The van der Waals surface area contributed by atoms with Crippen LogP contribution in [0.4, 0.5) is 5.95 Å². The Morgan fingerprint density at radius 3 is 3.17 bits per heavy atom. The standard InChI is InChI=1S/C8H6N4/c1-2-5-3-10-7-6(5)4-11-8(9)12-7/h1,3-4H,(H3,9,10,11,12). The van der Waals surface area contributed by atoms with Gasteiger partial charge in [0.2, 0.25) is 5.95 Å². The third-order valence-electron chi connectivity index (χ3n) is 1.61. The quantitative estimate of drug-likeness (QED) is 0.549. The number of anilines is 1. The second kappa shape index (κ2) is 2.24. The van der Waals surface area contributed by atoms with Crippen LogP contribution in [0, 0.1) is 12.3 Å². The van der Waals surface area contributed by atoms with Gasteiger partial charge in [0.05, 0.1) is 10.9 Å². The van der Waals surface area contributed by atoms with Crippen LogP contribution in [0.3, 0.4) is 0 Å². The second-order valence-corrected chi connectivity index (χ2v) is 2.34. The fourth-order valence-corrected chi connectivity index (χ4v) is 1.04. The van der Waals surface area contributed by atoms with Crippen LogP contribution >= 0.6 is 0 Å². The molecule has 0 amide bonds. The highest BCUT2D eigenvalue weighted by molar-refractivity contribution is 5.82. The van der Waals surface area contributed by atoms with Crippen LogP contribution in [0.25, 0.3) is 11.0 Å². The van der Waals surface area contributed by atoms with Gasteiger partial charge in [-0.1, -0.05) is 5.92 Å². The van der Waals surface area contributed by atoms with Gasteiger partial charge in [-0.25, -0.2) is 4.98 Å². The van der Waals surface area contributed by atoms with Crippen LogP contribution in [-0.4, -0.2) is 15.0 Å². The molecule has 2 aromatic rings. The van der Waals surface area contributed by atoms with Crippen molar-refractivity contribution in [3.05, 3.63) is 18.0 Å². The van der Waals surface area contributed by atoms with Crippen LogP contribution in [0.15, 0.2) is 12.4 Å². The zero-order chi connectivity index (χ0) is 8.55. The summed E-state index contributed by atoms with van der Waals surface area (Å²) < 4.78 is 0. The summed E-state index contributed by atoms with van der Waals surface area (Å²) in [5.41, 5.74) is 6.81. The summed E-state index contributed by atoms with van der Waals surface area (Å²) in [6.07, 6.45) is 8.56. The molecule has 0 bridgehead atoms. The molecular weight excluding hydrogens is 152 g/mol. The Labute approximate surface area is 68.8 Å². The van der Waals surface area contributed by atoms with Crippen molar-refractivity contribution in [2.24, 2.45) is 0 Å². The molecule has 0 radical (unpaired) electrons. The van der Waals surface area contributed by atoms with E-state index >= 15 is 0 Å². The lowest BCUT2D eigenvalue weighted by atomic mass is 10.2. The third-order valence-corrected chi connectivity index (χ3v) is 1.61. The van der Waals surface area contributed by atoms with E-state index in [9.17, 15) is 0 Å². The van der Waals surface area contributed by atoms with Crippen LogP contribution in [0.2, 0.25) is 0 Å². The van der Waals surface area contributed by atoms with Gasteiger partial charge >= 0.3 is 0 Å². The molecule has 0 saturated heterocycles. The number of terminal acetylenes is 1. The maximum absolute atomic E-state index is 5.38. The van der Waals surface area contributed by atoms with Gasteiger partial charge in [-0.05, 0) is 0 Å². The molecule has 2 aromatic heterocycles. The molecule has 58 valence electrons. The fourth-order valence-electron chi connectivity index (χ4n) is 1.04. The summed E-state index contributed by atoms with van der Waals surface area (Å²) in [5.74, 6) is 2.76. The molecule has 0 unspecified atom stereocenters. The monoisotopic (exact) mass is 158 g/mol. The zero-order valence-electron chi connectivity index (χ0n) is 6.20. The number of nitrogens with one attached hydrogen (secondary N) is 1. The largest absolute Gasteiger partial charge is 0.368 e. The van der Waals surface area contributed by atoms with Crippen LogP contribution in [0.1, 0.15) is 5.56 Å². The average molecular weight is 158 g/mol. The van der Waals surface area contributed by atoms with Gasteiger partial charge in [0.1, 0.15) is 5.65 Å². The third kappa shape index (κ3) is 0.805. The van der Waals surface area contributed by atoms with E-state index in [-0.39, 0.29) is 5.95 Å². The van der Waals surface area contributed by atoms with Crippen molar-refractivity contribution >= 4 is 17.0 Å². The fraction of sp³-hybridized carbons (Fsp3) is 0. The number of H-pyrrole nitrogens is 1. The van der Waals surface area contributed by atoms with Crippen LogP contribution in [0.5, 0.6) is 0 Å². The Balaban J connectivity index is 2.84. The van der Waals surface area contributed by atoms with Crippen molar-refractivity contribution in [1.29, 1.82) is 0 Å². The van der Waals surface area contributed by atoms with E-state index in [2.05, 4.69) is 20.9 Å². The average Bonchev–Trinajstić information content (AvgIpc) is 2.46. The molecule has 4 nitrogen and oxygen atoms in total. The molecule has 2 heterocycles. The van der Waals surface area contributed by atoms with Gasteiger partial charge < -0.3 is 10.7 Å². The predicted octanol–water partition coefficient (Wildman–Crippen LogP) is 0.521.